The van der Waals surface area contributed by atoms with Gasteiger partial charge in [0.05, 0.1) is 5.56 Å². The maximum Gasteiger partial charge on any atom is 0.258 e. The number of nitrogens with one attached hydrogen (secondary N) is 1. The molecule has 2 aromatic carbocycles. The van der Waals surface area contributed by atoms with Crippen LogP contribution in [-0.4, -0.2) is 15.9 Å². The van der Waals surface area contributed by atoms with Crippen molar-refractivity contribution in [2.45, 2.75) is 23.9 Å². The van der Waals surface area contributed by atoms with Crippen LogP contribution in [-0.2, 0) is 0 Å². The molecule has 0 fully saturated rings. The molecule has 0 atom stereocenters. The van der Waals surface area contributed by atoms with E-state index in [-0.39, 0.29) is 5.56 Å². The van der Waals surface area contributed by atoms with Crippen LogP contribution in [0.4, 0.5) is 10.1 Å². The Kier molecular flexibility index (Phi) is 5.54. The number of amides is 1. The fraction of sp³-hybridized carbons (Fsp3) is 0.105. The number of aryl methyl sites for hydroxylation is 2. The molecule has 0 spiro atoms. The average Bonchev–Trinajstić information content (AvgIpc) is 2.58. The molecule has 3 rings (SSSR count). The molecule has 7 heteroatoms. The Labute approximate surface area is 159 Å². The Hall–Kier alpha value is -2.44. The molecule has 3 aromatic rings. The molecule has 0 bridgehead atoms. The van der Waals surface area contributed by atoms with E-state index in [9.17, 15) is 9.18 Å². The maximum atomic E-state index is 13.8. The van der Waals surface area contributed by atoms with E-state index in [4.69, 9.17) is 11.6 Å². The van der Waals surface area contributed by atoms with Crippen molar-refractivity contribution < 1.29 is 9.18 Å². The average molecular weight is 388 g/mol. The van der Waals surface area contributed by atoms with Gasteiger partial charge in [0.15, 0.2) is 5.16 Å². The second-order valence-electron chi connectivity index (χ2n) is 5.64. The lowest BCUT2D eigenvalue weighted by molar-refractivity contribution is 0.102. The number of carbonyl (C=O) groups excluding carboxylic acids is 1. The van der Waals surface area contributed by atoms with E-state index >= 15 is 0 Å². The Balaban J connectivity index is 1.71. The molecule has 0 saturated carbocycles. The van der Waals surface area contributed by atoms with E-state index in [0.717, 1.165) is 16.3 Å². The Morgan fingerprint density at radius 3 is 2.35 bits per heavy atom. The van der Waals surface area contributed by atoms with E-state index in [1.165, 1.54) is 30.0 Å². The summed E-state index contributed by atoms with van der Waals surface area (Å²) in [6.45, 7) is 3.85. The summed E-state index contributed by atoms with van der Waals surface area (Å²) in [6.07, 6.45) is 0. The number of halogens is 2. The van der Waals surface area contributed by atoms with Crippen molar-refractivity contribution in [2.75, 3.05) is 5.32 Å². The first-order chi connectivity index (χ1) is 12.4. The lowest BCUT2D eigenvalue weighted by Gasteiger charge is -2.08. The van der Waals surface area contributed by atoms with Gasteiger partial charge >= 0.3 is 0 Å². The fourth-order valence-electron chi connectivity index (χ4n) is 2.32. The quantitative estimate of drug-likeness (QED) is 0.618. The van der Waals surface area contributed by atoms with E-state index in [1.54, 1.807) is 12.1 Å². The van der Waals surface area contributed by atoms with Gasteiger partial charge < -0.3 is 5.32 Å². The van der Waals surface area contributed by atoms with Gasteiger partial charge in [-0.15, -0.1) is 0 Å². The fourth-order valence-corrected chi connectivity index (χ4v) is 3.36. The molecule has 4 nitrogen and oxygen atoms in total. The van der Waals surface area contributed by atoms with E-state index in [0.29, 0.717) is 15.9 Å². The van der Waals surface area contributed by atoms with Crippen molar-refractivity contribution in [3.05, 3.63) is 76.3 Å². The molecule has 0 aliphatic rings. The smallest absolute Gasteiger partial charge is 0.258 e. The molecule has 1 amide bonds. The number of hydrogen-bond acceptors (Lipinski definition) is 4. The molecule has 0 radical (unpaired) electrons. The van der Waals surface area contributed by atoms with Gasteiger partial charge in [0.1, 0.15) is 5.82 Å². The molecular formula is C19H15ClFN3OS. The minimum absolute atomic E-state index is 0.0976. The van der Waals surface area contributed by atoms with E-state index < -0.39 is 11.7 Å². The van der Waals surface area contributed by atoms with Crippen molar-refractivity contribution in [2.24, 2.45) is 0 Å². The molecule has 26 heavy (non-hydrogen) atoms. The van der Waals surface area contributed by atoms with Crippen molar-refractivity contribution in [3.8, 4) is 0 Å². The molecule has 0 aliphatic heterocycles. The highest BCUT2D eigenvalue weighted by Crippen LogP contribution is 2.26. The molecular weight excluding hydrogens is 373 g/mol. The van der Waals surface area contributed by atoms with Crippen LogP contribution in [0, 0.1) is 19.7 Å². The number of hydrogen-bond donors (Lipinski definition) is 1. The summed E-state index contributed by atoms with van der Waals surface area (Å²) in [6, 6.07) is 12.9. The lowest BCUT2D eigenvalue weighted by atomic mass is 10.2. The minimum atomic E-state index is -0.619. The largest absolute Gasteiger partial charge is 0.322 e. The number of nitrogens with zero attached hydrogens (tertiary/aromatic N) is 2. The van der Waals surface area contributed by atoms with Crippen LogP contribution < -0.4 is 5.32 Å². The van der Waals surface area contributed by atoms with Crippen LogP contribution in [0.5, 0.6) is 0 Å². The molecule has 0 aliphatic carbocycles. The van der Waals surface area contributed by atoms with Crippen molar-refractivity contribution in [3.63, 3.8) is 0 Å². The molecule has 0 unspecified atom stereocenters. The van der Waals surface area contributed by atoms with Gasteiger partial charge in [0, 0.05) is 27.0 Å². The molecule has 0 saturated heterocycles. The highest BCUT2D eigenvalue weighted by molar-refractivity contribution is 7.99. The SMILES string of the molecule is Cc1cc(C)nc(Sc2ccc(NC(=O)c3cc(Cl)ccc3F)cc2)n1. The van der Waals surface area contributed by atoms with Crippen LogP contribution in [0.25, 0.3) is 0 Å². The highest BCUT2D eigenvalue weighted by Gasteiger charge is 2.12. The zero-order chi connectivity index (χ0) is 18.7. The second kappa shape index (κ2) is 7.85. The maximum absolute atomic E-state index is 13.8. The molecule has 1 heterocycles. The standard InChI is InChI=1S/C19H15ClFN3OS/c1-11-9-12(2)23-19(22-11)26-15-6-4-14(5-7-15)24-18(25)16-10-13(20)3-8-17(16)21/h3-10H,1-2H3,(H,24,25). The summed E-state index contributed by atoms with van der Waals surface area (Å²) in [5.74, 6) is -1.17. The second-order valence-corrected chi connectivity index (χ2v) is 7.12. The summed E-state index contributed by atoms with van der Waals surface area (Å²) >= 11 is 7.25. The Bertz CT molecular complexity index is 943. The first kappa shape index (κ1) is 18.4. The highest BCUT2D eigenvalue weighted by atomic mass is 35.5. The predicted molar refractivity (Wildman–Crippen MR) is 101 cm³/mol. The zero-order valence-electron chi connectivity index (χ0n) is 14.1. The normalized spacial score (nSPS) is 10.6. The van der Waals surface area contributed by atoms with Crippen molar-refractivity contribution in [1.29, 1.82) is 0 Å². The summed E-state index contributed by atoms with van der Waals surface area (Å²) < 4.78 is 13.8. The molecule has 132 valence electrons. The summed E-state index contributed by atoms with van der Waals surface area (Å²) in [5, 5.41) is 3.63. The third-order valence-electron chi connectivity index (χ3n) is 3.46. The van der Waals surface area contributed by atoms with Gasteiger partial charge in [0.2, 0.25) is 0 Å². The van der Waals surface area contributed by atoms with Crippen LogP contribution in [0.1, 0.15) is 21.7 Å². The molecule has 1 aromatic heterocycles. The topological polar surface area (TPSA) is 54.9 Å². The predicted octanol–water partition coefficient (Wildman–Crippen LogP) is 5.29. The van der Waals surface area contributed by atoms with Crippen LogP contribution >= 0.6 is 23.4 Å². The number of benzene rings is 2. The van der Waals surface area contributed by atoms with Crippen LogP contribution in [0.3, 0.4) is 0 Å². The van der Waals surface area contributed by atoms with Crippen LogP contribution in [0.2, 0.25) is 5.02 Å². The van der Waals surface area contributed by atoms with Gasteiger partial charge in [-0.2, -0.15) is 0 Å². The lowest BCUT2D eigenvalue weighted by Crippen LogP contribution is -2.13. The minimum Gasteiger partial charge on any atom is -0.322 e. The van der Waals surface area contributed by atoms with Gasteiger partial charge in [-0.1, -0.05) is 11.6 Å². The first-order valence-electron chi connectivity index (χ1n) is 7.77. The summed E-state index contributed by atoms with van der Waals surface area (Å²) in [7, 11) is 0. The van der Waals surface area contributed by atoms with E-state index in [1.807, 2.05) is 32.0 Å². The van der Waals surface area contributed by atoms with Gasteiger partial charge in [-0.25, -0.2) is 14.4 Å². The number of carbonyl (C=O) groups is 1. The van der Waals surface area contributed by atoms with Gasteiger partial charge in [-0.05, 0) is 74.1 Å². The van der Waals surface area contributed by atoms with Crippen molar-refractivity contribution in [1.82, 2.24) is 9.97 Å². The Morgan fingerprint density at radius 1 is 1.04 bits per heavy atom. The zero-order valence-corrected chi connectivity index (χ0v) is 15.7. The monoisotopic (exact) mass is 387 g/mol. The first-order valence-corrected chi connectivity index (χ1v) is 8.97. The summed E-state index contributed by atoms with van der Waals surface area (Å²) in [5.41, 5.74) is 2.28. The summed E-state index contributed by atoms with van der Waals surface area (Å²) in [4.78, 5) is 21.9. The van der Waals surface area contributed by atoms with Crippen LogP contribution in [0.15, 0.2) is 58.6 Å². The number of aromatic nitrogens is 2. The van der Waals surface area contributed by atoms with Gasteiger partial charge in [-0.3, -0.25) is 4.79 Å². The Morgan fingerprint density at radius 2 is 1.69 bits per heavy atom. The van der Waals surface area contributed by atoms with Crippen molar-refractivity contribution >= 4 is 35.0 Å². The third-order valence-corrected chi connectivity index (χ3v) is 4.56. The van der Waals surface area contributed by atoms with Gasteiger partial charge in [0.25, 0.3) is 5.91 Å². The third kappa shape index (κ3) is 4.59. The molecule has 1 N–H and O–H groups in total. The number of anilines is 1. The number of rotatable bonds is 4. The van der Waals surface area contributed by atoms with E-state index in [2.05, 4.69) is 15.3 Å².